The SMILES string of the molecule is c1cnc2c(O[C@H]3CC[C@@H](Nc4ccnc5[nH]ccc45)CC3)cc(N3CCOCC3)cc2n1. The van der Waals surface area contributed by atoms with Gasteiger partial charge in [-0.05, 0) is 43.9 Å². The second-order valence-electron chi connectivity index (χ2n) is 8.80. The Hall–Kier alpha value is -3.39. The molecule has 3 aromatic heterocycles. The summed E-state index contributed by atoms with van der Waals surface area (Å²) in [5.74, 6) is 0.835. The molecular weight excluding hydrogens is 416 g/mol. The van der Waals surface area contributed by atoms with Gasteiger partial charge in [0.15, 0.2) is 0 Å². The second-order valence-corrected chi connectivity index (χ2v) is 8.80. The Balaban J connectivity index is 1.16. The quantitative estimate of drug-likeness (QED) is 0.478. The minimum atomic E-state index is 0.179. The van der Waals surface area contributed by atoms with E-state index >= 15 is 0 Å². The molecule has 2 aliphatic rings. The number of nitrogens with zero attached hydrogens (tertiary/aromatic N) is 4. The van der Waals surface area contributed by atoms with Gasteiger partial charge in [-0.1, -0.05) is 0 Å². The zero-order valence-electron chi connectivity index (χ0n) is 18.5. The summed E-state index contributed by atoms with van der Waals surface area (Å²) >= 11 is 0. The van der Waals surface area contributed by atoms with Crippen LogP contribution in [0.2, 0.25) is 0 Å². The molecule has 1 aromatic carbocycles. The number of hydrogen-bond acceptors (Lipinski definition) is 7. The number of anilines is 2. The lowest BCUT2D eigenvalue weighted by atomic mass is 9.92. The molecule has 4 heterocycles. The summed E-state index contributed by atoms with van der Waals surface area (Å²) in [5.41, 5.74) is 4.90. The normalized spacial score (nSPS) is 21.4. The first-order chi connectivity index (χ1) is 16.3. The van der Waals surface area contributed by atoms with Gasteiger partial charge in [0.1, 0.15) is 16.9 Å². The highest BCUT2D eigenvalue weighted by Gasteiger charge is 2.24. The van der Waals surface area contributed by atoms with Crippen molar-refractivity contribution < 1.29 is 9.47 Å². The van der Waals surface area contributed by atoms with Gasteiger partial charge in [0.25, 0.3) is 0 Å². The first-order valence-corrected chi connectivity index (χ1v) is 11.8. The highest BCUT2D eigenvalue weighted by molar-refractivity contribution is 5.89. The lowest BCUT2D eigenvalue weighted by Crippen LogP contribution is -2.36. The van der Waals surface area contributed by atoms with Crippen molar-refractivity contribution in [1.29, 1.82) is 0 Å². The Morgan fingerprint density at radius 1 is 0.970 bits per heavy atom. The number of H-pyrrole nitrogens is 1. The van der Waals surface area contributed by atoms with E-state index in [1.165, 1.54) is 0 Å². The maximum atomic E-state index is 6.55. The largest absolute Gasteiger partial charge is 0.488 e. The third-order valence-corrected chi connectivity index (χ3v) is 6.69. The van der Waals surface area contributed by atoms with Crippen LogP contribution >= 0.6 is 0 Å². The number of nitrogens with one attached hydrogen (secondary N) is 2. The maximum absolute atomic E-state index is 6.55. The molecule has 33 heavy (non-hydrogen) atoms. The van der Waals surface area contributed by atoms with Gasteiger partial charge in [-0.25, -0.2) is 9.97 Å². The number of ether oxygens (including phenoxy) is 2. The zero-order valence-corrected chi connectivity index (χ0v) is 18.5. The molecule has 6 rings (SSSR count). The van der Waals surface area contributed by atoms with Crippen LogP contribution in [-0.2, 0) is 4.74 Å². The summed E-state index contributed by atoms with van der Waals surface area (Å²) in [6.07, 6.45) is 11.6. The molecule has 1 aliphatic heterocycles. The van der Waals surface area contributed by atoms with Crippen LogP contribution in [0.5, 0.6) is 5.75 Å². The smallest absolute Gasteiger partial charge is 0.149 e. The number of pyridine rings is 1. The number of aromatic nitrogens is 4. The zero-order chi connectivity index (χ0) is 22.0. The van der Waals surface area contributed by atoms with Crippen LogP contribution in [0.1, 0.15) is 25.7 Å². The van der Waals surface area contributed by atoms with Gasteiger partial charge in [0.05, 0.1) is 24.8 Å². The van der Waals surface area contributed by atoms with Crippen LogP contribution in [0.3, 0.4) is 0 Å². The van der Waals surface area contributed by atoms with E-state index in [1.807, 2.05) is 12.4 Å². The lowest BCUT2D eigenvalue weighted by Gasteiger charge is -2.32. The van der Waals surface area contributed by atoms with E-state index in [-0.39, 0.29) is 6.10 Å². The van der Waals surface area contributed by atoms with Gasteiger partial charge in [-0.3, -0.25) is 4.98 Å². The van der Waals surface area contributed by atoms with Gasteiger partial charge < -0.3 is 24.7 Å². The number of benzene rings is 1. The Kier molecular flexibility index (Phi) is 5.43. The van der Waals surface area contributed by atoms with E-state index in [4.69, 9.17) is 9.47 Å². The molecule has 0 amide bonds. The number of aromatic amines is 1. The molecule has 0 bridgehead atoms. The fraction of sp³-hybridized carbons (Fsp3) is 0.400. The van der Waals surface area contributed by atoms with Gasteiger partial charge >= 0.3 is 0 Å². The number of fused-ring (bicyclic) bond motifs is 2. The van der Waals surface area contributed by atoms with Crippen molar-refractivity contribution in [1.82, 2.24) is 19.9 Å². The van der Waals surface area contributed by atoms with Crippen LogP contribution in [0.15, 0.2) is 49.1 Å². The Morgan fingerprint density at radius 2 is 1.82 bits per heavy atom. The minimum Gasteiger partial charge on any atom is -0.488 e. The summed E-state index contributed by atoms with van der Waals surface area (Å²) in [6.45, 7) is 3.26. The molecule has 1 aliphatic carbocycles. The van der Waals surface area contributed by atoms with Crippen molar-refractivity contribution in [2.24, 2.45) is 0 Å². The van der Waals surface area contributed by atoms with Crippen LogP contribution < -0.4 is 15.0 Å². The van der Waals surface area contributed by atoms with E-state index in [0.717, 1.165) is 91.2 Å². The first kappa shape index (κ1) is 20.2. The molecule has 8 nitrogen and oxygen atoms in total. The molecule has 4 aromatic rings. The molecule has 2 N–H and O–H groups in total. The third kappa shape index (κ3) is 4.18. The molecule has 0 spiro atoms. The number of rotatable bonds is 5. The van der Waals surface area contributed by atoms with Gasteiger partial charge in [-0.15, -0.1) is 0 Å². The molecule has 170 valence electrons. The monoisotopic (exact) mass is 444 g/mol. The standard InChI is InChI=1S/C25H28N6O2/c1-3-19(4-2-17(1)30-21-6-8-29-25-20(21)5-7-28-25)33-23-16-18(31-11-13-32-14-12-31)15-22-24(23)27-10-9-26-22/h5-10,15-17,19H,1-4,11-14H2,(H2,28,29,30)/t17-,19+. The van der Waals surface area contributed by atoms with Crippen LogP contribution in [0.4, 0.5) is 11.4 Å². The molecule has 8 heteroatoms. The summed E-state index contributed by atoms with van der Waals surface area (Å²) < 4.78 is 12.1. The maximum Gasteiger partial charge on any atom is 0.149 e. The summed E-state index contributed by atoms with van der Waals surface area (Å²) in [5, 5.41) is 4.86. The highest BCUT2D eigenvalue weighted by atomic mass is 16.5. The van der Waals surface area contributed by atoms with Crippen molar-refractivity contribution in [3.8, 4) is 5.75 Å². The van der Waals surface area contributed by atoms with E-state index < -0.39 is 0 Å². The third-order valence-electron chi connectivity index (χ3n) is 6.69. The van der Waals surface area contributed by atoms with Crippen molar-refractivity contribution in [3.05, 3.63) is 49.1 Å². The van der Waals surface area contributed by atoms with E-state index in [0.29, 0.717) is 6.04 Å². The van der Waals surface area contributed by atoms with Crippen LogP contribution in [0.25, 0.3) is 22.1 Å². The van der Waals surface area contributed by atoms with E-state index in [9.17, 15) is 0 Å². The van der Waals surface area contributed by atoms with E-state index in [1.54, 1.807) is 12.4 Å². The summed E-state index contributed by atoms with van der Waals surface area (Å²) in [6, 6.07) is 8.80. The van der Waals surface area contributed by atoms with E-state index in [2.05, 4.69) is 54.4 Å². The van der Waals surface area contributed by atoms with Gasteiger partial charge in [0, 0.05) is 66.7 Å². The van der Waals surface area contributed by atoms with Crippen molar-refractivity contribution in [2.75, 3.05) is 36.5 Å². The molecule has 2 fully saturated rings. The van der Waals surface area contributed by atoms with Crippen molar-refractivity contribution in [2.45, 2.75) is 37.8 Å². The van der Waals surface area contributed by atoms with Crippen LogP contribution in [-0.4, -0.2) is 58.4 Å². The Morgan fingerprint density at radius 3 is 2.70 bits per heavy atom. The predicted octanol–water partition coefficient (Wildman–Crippen LogP) is 4.14. The number of hydrogen-bond donors (Lipinski definition) is 2. The lowest BCUT2D eigenvalue weighted by molar-refractivity contribution is 0.122. The molecule has 1 saturated heterocycles. The molecule has 0 radical (unpaired) electrons. The summed E-state index contributed by atoms with van der Waals surface area (Å²) in [4.78, 5) is 19.0. The number of morpholine rings is 1. The average molecular weight is 445 g/mol. The fourth-order valence-electron chi connectivity index (χ4n) is 4.93. The fourth-order valence-corrected chi connectivity index (χ4v) is 4.93. The first-order valence-electron chi connectivity index (χ1n) is 11.8. The van der Waals surface area contributed by atoms with Crippen LogP contribution in [0, 0.1) is 0 Å². The second kappa shape index (κ2) is 8.86. The molecule has 1 saturated carbocycles. The molecule has 0 atom stereocenters. The summed E-state index contributed by atoms with van der Waals surface area (Å²) in [7, 11) is 0. The van der Waals surface area contributed by atoms with Gasteiger partial charge in [0.2, 0.25) is 0 Å². The molecule has 0 unspecified atom stereocenters. The average Bonchev–Trinajstić information content (AvgIpc) is 3.36. The molecular formula is C25H28N6O2. The van der Waals surface area contributed by atoms with Crippen molar-refractivity contribution >= 4 is 33.4 Å². The topological polar surface area (TPSA) is 88.2 Å². The van der Waals surface area contributed by atoms with Gasteiger partial charge in [-0.2, -0.15) is 0 Å². The predicted molar refractivity (Wildman–Crippen MR) is 129 cm³/mol. The van der Waals surface area contributed by atoms with Crippen molar-refractivity contribution in [3.63, 3.8) is 0 Å². The Bertz CT molecular complexity index is 1240. The highest BCUT2D eigenvalue weighted by Crippen LogP contribution is 2.33. The Labute approximate surface area is 192 Å². The minimum absolute atomic E-state index is 0.179.